The molecule has 0 saturated carbocycles. The van der Waals surface area contributed by atoms with Crippen molar-refractivity contribution in [3.63, 3.8) is 0 Å². The fourth-order valence-electron chi connectivity index (χ4n) is 2.56. The molecule has 3 rings (SSSR count). The van der Waals surface area contributed by atoms with Crippen LogP contribution >= 0.6 is 11.8 Å². The molecule has 0 unspecified atom stereocenters. The van der Waals surface area contributed by atoms with E-state index >= 15 is 0 Å². The lowest BCUT2D eigenvalue weighted by atomic mass is 10.1. The molecule has 0 saturated heterocycles. The highest BCUT2D eigenvalue weighted by atomic mass is 32.2. The minimum Gasteiger partial charge on any atom is -0.620 e. The molecule has 2 aromatic rings. The molecule has 5 nitrogen and oxygen atoms in total. The number of nitrogens with one attached hydrogen (secondary N) is 1. The van der Waals surface area contributed by atoms with E-state index in [0.717, 1.165) is 21.2 Å². The second kappa shape index (κ2) is 5.03. The Labute approximate surface area is 127 Å². The fraction of sp³-hybridized carbons (Fsp3) is 0.143. The highest BCUT2D eigenvalue weighted by molar-refractivity contribution is 7.99. The maximum atomic E-state index is 12.0. The SMILES string of the molecule is Cc1cc2c(c(C)c1S(=O)(=O)[NH2+][O-])Nc1ccccc1S2. The summed E-state index contributed by atoms with van der Waals surface area (Å²) in [5.74, 6) is 0. The summed E-state index contributed by atoms with van der Waals surface area (Å²) in [6, 6.07) is 9.65. The molecule has 3 N–H and O–H groups in total. The Kier molecular flexibility index (Phi) is 3.45. The molecule has 0 fully saturated rings. The molecule has 0 atom stereocenters. The Hall–Kier alpha value is -1.54. The molecule has 0 radical (unpaired) electrons. The minimum absolute atomic E-state index is 0.0125. The highest BCUT2D eigenvalue weighted by Gasteiger charge is 2.26. The van der Waals surface area contributed by atoms with Crippen LogP contribution < -0.4 is 10.2 Å². The van der Waals surface area contributed by atoms with E-state index in [2.05, 4.69) is 5.32 Å². The standard InChI is InChI=1S/C14H14N2O3S2/c1-8-7-12-13(9(2)14(8)21(18,19)16-17)15-10-5-3-4-6-11(10)20-12/h3-7,15H,16H2,1-2H3. The van der Waals surface area contributed by atoms with Crippen LogP contribution in [0.15, 0.2) is 45.0 Å². The van der Waals surface area contributed by atoms with E-state index in [-0.39, 0.29) is 9.78 Å². The molecule has 0 bridgehead atoms. The first-order valence-electron chi connectivity index (χ1n) is 6.32. The Bertz CT molecular complexity index is 832. The van der Waals surface area contributed by atoms with Gasteiger partial charge in [-0.3, -0.25) is 4.89 Å². The maximum absolute atomic E-state index is 12.0. The third-order valence-corrected chi connectivity index (χ3v) is 6.01. The number of aryl methyl sites for hydroxylation is 1. The van der Waals surface area contributed by atoms with Crippen LogP contribution in [0.3, 0.4) is 0 Å². The number of hydrogen-bond donors (Lipinski definition) is 2. The molecule has 1 heterocycles. The number of primary sulfonamides is 1. The fourth-order valence-corrected chi connectivity index (χ4v) is 4.85. The average molecular weight is 322 g/mol. The Morgan fingerprint density at radius 1 is 1.19 bits per heavy atom. The number of rotatable bonds is 2. The monoisotopic (exact) mass is 322 g/mol. The zero-order chi connectivity index (χ0) is 15.2. The molecule has 0 aliphatic carbocycles. The molecule has 0 spiro atoms. The predicted octanol–water partition coefficient (Wildman–Crippen LogP) is 2.26. The van der Waals surface area contributed by atoms with Gasteiger partial charge in [0.15, 0.2) is 0 Å². The van der Waals surface area contributed by atoms with Gasteiger partial charge in [-0.2, -0.15) is 8.42 Å². The molecule has 7 heteroatoms. The van der Waals surface area contributed by atoms with Crippen LogP contribution in [0.2, 0.25) is 0 Å². The van der Waals surface area contributed by atoms with Gasteiger partial charge in [-0.25, -0.2) is 0 Å². The molecule has 1 aliphatic heterocycles. The number of sulfonamides is 1. The van der Waals surface area contributed by atoms with Crippen LogP contribution in [0.4, 0.5) is 11.4 Å². The zero-order valence-corrected chi connectivity index (χ0v) is 13.1. The normalized spacial score (nSPS) is 13.3. The average Bonchev–Trinajstić information content (AvgIpc) is 2.45. The first-order valence-corrected chi connectivity index (χ1v) is 8.68. The summed E-state index contributed by atoms with van der Waals surface area (Å²) in [6.45, 7) is 3.44. The van der Waals surface area contributed by atoms with E-state index in [1.54, 1.807) is 25.6 Å². The first kappa shape index (κ1) is 14.4. The van der Waals surface area contributed by atoms with Crippen molar-refractivity contribution in [2.45, 2.75) is 28.5 Å². The van der Waals surface area contributed by atoms with Crippen LogP contribution in [-0.2, 0) is 10.0 Å². The number of nitrogens with two attached hydrogens (primary N) is 1. The molecule has 1 aliphatic rings. The summed E-state index contributed by atoms with van der Waals surface area (Å²) in [5, 5.41) is 14.2. The van der Waals surface area contributed by atoms with Gasteiger partial charge in [0.2, 0.25) is 0 Å². The van der Waals surface area contributed by atoms with Crippen molar-refractivity contribution in [1.82, 2.24) is 0 Å². The summed E-state index contributed by atoms with van der Waals surface area (Å²) in [7, 11) is -3.90. The van der Waals surface area contributed by atoms with Gasteiger partial charge in [0, 0.05) is 9.79 Å². The van der Waals surface area contributed by atoms with Gasteiger partial charge >= 0.3 is 10.0 Å². The third-order valence-electron chi connectivity index (χ3n) is 3.45. The smallest absolute Gasteiger partial charge is 0.324 e. The van der Waals surface area contributed by atoms with Gasteiger partial charge < -0.3 is 10.5 Å². The van der Waals surface area contributed by atoms with Crippen molar-refractivity contribution in [2.75, 3.05) is 5.32 Å². The van der Waals surface area contributed by atoms with Crippen molar-refractivity contribution >= 4 is 33.2 Å². The van der Waals surface area contributed by atoms with E-state index < -0.39 is 10.0 Å². The topological polar surface area (TPSA) is 85.8 Å². The number of anilines is 2. The summed E-state index contributed by atoms with van der Waals surface area (Å²) in [4.78, 5) is 2.17. The second-order valence-corrected chi connectivity index (χ2v) is 7.66. The summed E-state index contributed by atoms with van der Waals surface area (Å²) < 4.78 is 23.9. The van der Waals surface area contributed by atoms with Crippen molar-refractivity contribution < 1.29 is 13.3 Å². The molecule has 110 valence electrons. The number of fused-ring (bicyclic) bond motifs is 2. The van der Waals surface area contributed by atoms with Crippen molar-refractivity contribution in [3.8, 4) is 0 Å². The van der Waals surface area contributed by atoms with E-state index in [4.69, 9.17) is 0 Å². The second-order valence-electron chi connectivity index (χ2n) is 4.89. The maximum Gasteiger partial charge on any atom is 0.324 e. The lowest BCUT2D eigenvalue weighted by Gasteiger charge is -2.24. The number of quaternary nitrogens is 1. The highest BCUT2D eigenvalue weighted by Crippen LogP contribution is 2.47. The van der Waals surface area contributed by atoms with Crippen LogP contribution in [0.1, 0.15) is 11.1 Å². The number of para-hydroxylation sites is 1. The lowest BCUT2D eigenvalue weighted by molar-refractivity contribution is -0.416. The predicted molar refractivity (Wildman–Crippen MR) is 82.2 cm³/mol. The molecule has 0 amide bonds. The lowest BCUT2D eigenvalue weighted by Crippen LogP contribution is -2.81. The van der Waals surface area contributed by atoms with Crippen molar-refractivity contribution in [2.24, 2.45) is 0 Å². The van der Waals surface area contributed by atoms with Crippen molar-refractivity contribution in [3.05, 3.63) is 46.7 Å². The Morgan fingerprint density at radius 3 is 2.62 bits per heavy atom. The largest absolute Gasteiger partial charge is 0.620 e. The van der Waals surface area contributed by atoms with E-state index in [0.29, 0.717) is 11.1 Å². The number of benzene rings is 2. The number of hydrogen-bond acceptors (Lipinski definition) is 5. The van der Waals surface area contributed by atoms with Gasteiger partial charge in [0.25, 0.3) is 0 Å². The molecular weight excluding hydrogens is 308 g/mol. The van der Waals surface area contributed by atoms with Crippen LogP contribution in [0.5, 0.6) is 0 Å². The van der Waals surface area contributed by atoms with E-state index in [1.165, 1.54) is 0 Å². The minimum atomic E-state index is -3.90. The van der Waals surface area contributed by atoms with Gasteiger partial charge in [0.05, 0.1) is 11.4 Å². The van der Waals surface area contributed by atoms with Gasteiger partial charge in [-0.15, -0.1) is 0 Å². The van der Waals surface area contributed by atoms with Gasteiger partial charge in [0.1, 0.15) is 4.90 Å². The van der Waals surface area contributed by atoms with Gasteiger partial charge in [-0.1, -0.05) is 23.9 Å². The molecule has 0 aromatic heterocycles. The Morgan fingerprint density at radius 2 is 1.90 bits per heavy atom. The van der Waals surface area contributed by atoms with Crippen LogP contribution in [0.25, 0.3) is 0 Å². The molecular formula is C14H14N2O3S2. The van der Waals surface area contributed by atoms with E-state index in [1.807, 2.05) is 30.3 Å². The van der Waals surface area contributed by atoms with Gasteiger partial charge in [-0.05, 0) is 43.2 Å². The summed E-state index contributed by atoms with van der Waals surface area (Å²) in [5.41, 5.74) is 2.87. The van der Waals surface area contributed by atoms with Crippen LogP contribution in [-0.4, -0.2) is 8.42 Å². The van der Waals surface area contributed by atoms with Crippen molar-refractivity contribution in [1.29, 1.82) is 0 Å². The Balaban J connectivity index is 2.21. The quantitative estimate of drug-likeness (QED) is 0.707. The zero-order valence-electron chi connectivity index (χ0n) is 11.5. The summed E-state index contributed by atoms with van der Waals surface area (Å²) in [6.07, 6.45) is 0. The molecule has 2 aromatic carbocycles. The van der Waals surface area contributed by atoms with Crippen LogP contribution in [0, 0.1) is 19.1 Å². The third kappa shape index (κ3) is 2.32. The molecule has 21 heavy (non-hydrogen) atoms. The van der Waals surface area contributed by atoms with E-state index in [9.17, 15) is 13.6 Å². The summed E-state index contributed by atoms with van der Waals surface area (Å²) >= 11 is 1.59. The first-order chi connectivity index (χ1) is 9.94.